The summed E-state index contributed by atoms with van der Waals surface area (Å²) in [5, 5.41) is 8.55. The molecular formula is C12H17FNO3+. The van der Waals surface area contributed by atoms with Crippen molar-refractivity contribution in [3.8, 4) is 5.75 Å². The summed E-state index contributed by atoms with van der Waals surface area (Å²) in [4.78, 5) is 11.2. The van der Waals surface area contributed by atoms with Gasteiger partial charge in [-0.05, 0) is 24.6 Å². The van der Waals surface area contributed by atoms with Gasteiger partial charge in [-0.25, -0.2) is 9.18 Å². The Morgan fingerprint density at radius 2 is 2.24 bits per heavy atom. The lowest BCUT2D eigenvalue weighted by molar-refractivity contribution is -0.871. The Morgan fingerprint density at radius 1 is 1.53 bits per heavy atom. The third kappa shape index (κ3) is 4.82. The van der Waals surface area contributed by atoms with Crippen LogP contribution in [-0.4, -0.2) is 37.8 Å². The highest BCUT2D eigenvalue weighted by molar-refractivity contribution is 5.67. The molecule has 0 aliphatic heterocycles. The van der Waals surface area contributed by atoms with Crippen molar-refractivity contribution in [3.05, 3.63) is 29.6 Å². The van der Waals surface area contributed by atoms with Gasteiger partial charge < -0.3 is 14.7 Å². The lowest BCUT2D eigenvalue weighted by Crippen LogP contribution is -3.10. The molecule has 0 radical (unpaired) electrons. The van der Waals surface area contributed by atoms with Crippen LogP contribution >= 0.6 is 0 Å². The molecule has 0 heterocycles. The van der Waals surface area contributed by atoms with Crippen molar-refractivity contribution >= 4 is 5.97 Å². The first-order valence-electron chi connectivity index (χ1n) is 5.41. The van der Waals surface area contributed by atoms with E-state index in [4.69, 9.17) is 9.84 Å². The summed E-state index contributed by atoms with van der Waals surface area (Å²) in [5.74, 6) is -1.04. The Bertz CT molecular complexity index is 395. The maximum Gasteiger partial charge on any atom is 0.359 e. The average Bonchev–Trinajstić information content (AvgIpc) is 2.20. The Kier molecular flexibility index (Phi) is 4.90. The average molecular weight is 242 g/mol. The fraction of sp³-hybridized carbons (Fsp3) is 0.417. The maximum absolute atomic E-state index is 13.4. The van der Waals surface area contributed by atoms with Gasteiger partial charge in [0.15, 0.2) is 18.1 Å². The maximum atomic E-state index is 13.4. The van der Waals surface area contributed by atoms with E-state index >= 15 is 0 Å². The van der Waals surface area contributed by atoms with Crippen LogP contribution in [-0.2, 0) is 4.79 Å². The molecular weight excluding hydrogens is 225 g/mol. The van der Waals surface area contributed by atoms with Crippen molar-refractivity contribution in [2.45, 2.75) is 6.92 Å². The number of carbonyl (C=O) groups is 1. The fourth-order valence-electron chi connectivity index (χ4n) is 1.40. The molecule has 94 valence electrons. The van der Waals surface area contributed by atoms with Crippen molar-refractivity contribution in [1.82, 2.24) is 0 Å². The van der Waals surface area contributed by atoms with Crippen LogP contribution in [0.25, 0.3) is 0 Å². The normalized spacial score (nSPS) is 12.2. The molecule has 1 aromatic carbocycles. The van der Waals surface area contributed by atoms with E-state index in [2.05, 4.69) is 0 Å². The number of nitrogens with one attached hydrogen (secondary N) is 1. The predicted molar refractivity (Wildman–Crippen MR) is 60.9 cm³/mol. The van der Waals surface area contributed by atoms with Crippen molar-refractivity contribution in [3.63, 3.8) is 0 Å². The number of ether oxygens (including phenoxy) is 1. The summed E-state index contributed by atoms with van der Waals surface area (Å²) in [7, 11) is 1.75. The zero-order valence-corrected chi connectivity index (χ0v) is 10.00. The van der Waals surface area contributed by atoms with E-state index < -0.39 is 5.97 Å². The van der Waals surface area contributed by atoms with E-state index in [1.54, 1.807) is 26.1 Å². The number of halogens is 1. The van der Waals surface area contributed by atoms with Gasteiger partial charge in [0.2, 0.25) is 0 Å². The molecule has 1 aromatic rings. The van der Waals surface area contributed by atoms with Gasteiger partial charge in [0, 0.05) is 0 Å². The monoisotopic (exact) mass is 242 g/mol. The van der Waals surface area contributed by atoms with Crippen molar-refractivity contribution in [1.29, 1.82) is 0 Å². The van der Waals surface area contributed by atoms with Gasteiger partial charge in [0.1, 0.15) is 13.2 Å². The number of hydrogen-bond acceptors (Lipinski definition) is 2. The van der Waals surface area contributed by atoms with E-state index in [1.165, 1.54) is 6.07 Å². The van der Waals surface area contributed by atoms with E-state index in [-0.39, 0.29) is 18.1 Å². The molecule has 2 N–H and O–H groups in total. The zero-order valence-electron chi connectivity index (χ0n) is 10.00. The molecule has 0 saturated heterocycles. The first-order chi connectivity index (χ1) is 7.99. The first kappa shape index (κ1) is 13.4. The molecule has 1 rings (SSSR count). The van der Waals surface area contributed by atoms with Crippen LogP contribution < -0.4 is 9.64 Å². The van der Waals surface area contributed by atoms with Crippen LogP contribution in [0.15, 0.2) is 18.2 Å². The Balaban J connectivity index is 2.38. The number of aliphatic carboxylic acids is 1. The summed E-state index contributed by atoms with van der Waals surface area (Å²) >= 11 is 0. The minimum atomic E-state index is -0.857. The topological polar surface area (TPSA) is 51.0 Å². The summed E-state index contributed by atoms with van der Waals surface area (Å²) < 4.78 is 18.6. The number of rotatable bonds is 6. The Labute approximate surface area is 99.6 Å². The minimum Gasteiger partial charge on any atom is -0.485 e. The van der Waals surface area contributed by atoms with Crippen LogP contribution in [0.1, 0.15) is 5.56 Å². The third-order valence-electron chi connectivity index (χ3n) is 2.33. The number of carboxylic acids is 1. The predicted octanol–water partition coefficient (Wildman–Crippen LogP) is 0.112. The number of hydrogen-bond donors (Lipinski definition) is 2. The van der Waals surface area contributed by atoms with Crippen molar-refractivity contribution in [2.24, 2.45) is 0 Å². The van der Waals surface area contributed by atoms with Crippen molar-refractivity contribution in [2.75, 3.05) is 26.7 Å². The molecule has 0 bridgehead atoms. The molecule has 0 aliphatic carbocycles. The van der Waals surface area contributed by atoms with Crippen LogP contribution in [0.3, 0.4) is 0 Å². The van der Waals surface area contributed by atoms with E-state index in [1.807, 2.05) is 0 Å². The molecule has 0 aliphatic rings. The summed E-state index contributed by atoms with van der Waals surface area (Å²) in [6, 6.07) is 4.76. The highest BCUT2D eigenvalue weighted by Gasteiger charge is 2.08. The first-order valence-corrected chi connectivity index (χ1v) is 5.41. The number of benzene rings is 1. The molecule has 1 atom stereocenters. The number of likely N-dealkylation sites (N-methyl/N-ethyl adjacent to an activating group) is 1. The van der Waals surface area contributed by atoms with Gasteiger partial charge in [-0.3, -0.25) is 0 Å². The van der Waals surface area contributed by atoms with E-state index in [9.17, 15) is 9.18 Å². The highest BCUT2D eigenvalue weighted by atomic mass is 19.1. The van der Waals surface area contributed by atoms with Crippen LogP contribution in [0.5, 0.6) is 5.75 Å². The summed E-state index contributed by atoms with van der Waals surface area (Å²) in [6.45, 7) is 2.64. The lowest BCUT2D eigenvalue weighted by Gasteiger charge is -2.12. The number of aryl methyl sites for hydroxylation is 1. The standard InChI is InChI=1S/C12H16FNO3/c1-9-3-4-11(10(13)7-9)17-6-5-14(2)8-12(15)16/h3-4,7H,5-6,8H2,1-2H3,(H,15,16)/p+1. The molecule has 4 nitrogen and oxygen atoms in total. The van der Waals surface area contributed by atoms with Crippen LogP contribution in [0.2, 0.25) is 0 Å². The molecule has 1 unspecified atom stereocenters. The van der Waals surface area contributed by atoms with E-state index in [0.717, 1.165) is 10.5 Å². The molecule has 0 spiro atoms. The van der Waals surface area contributed by atoms with Crippen LogP contribution in [0, 0.1) is 12.7 Å². The summed E-state index contributed by atoms with van der Waals surface area (Å²) in [6.07, 6.45) is 0. The second-order valence-electron chi connectivity index (χ2n) is 4.06. The zero-order chi connectivity index (χ0) is 12.8. The molecule has 0 amide bonds. The van der Waals surface area contributed by atoms with Gasteiger partial charge in [-0.1, -0.05) is 6.07 Å². The Morgan fingerprint density at radius 3 is 2.82 bits per heavy atom. The van der Waals surface area contributed by atoms with Crippen molar-refractivity contribution < 1.29 is 23.9 Å². The van der Waals surface area contributed by atoms with E-state index in [0.29, 0.717) is 13.2 Å². The second-order valence-corrected chi connectivity index (χ2v) is 4.06. The molecule has 0 aromatic heterocycles. The fourth-order valence-corrected chi connectivity index (χ4v) is 1.40. The van der Waals surface area contributed by atoms with Gasteiger partial charge in [-0.15, -0.1) is 0 Å². The van der Waals surface area contributed by atoms with Crippen LogP contribution in [0.4, 0.5) is 4.39 Å². The number of quaternary nitrogens is 1. The summed E-state index contributed by atoms with van der Waals surface area (Å²) in [5.41, 5.74) is 0.837. The molecule has 17 heavy (non-hydrogen) atoms. The van der Waals surface area contributed by atoms with Gasteiger partial charge >= 0.3 is 5.97 Å². The smallest absolute Gasteiger partial charge is 0.359 e. The minimum absolute atomic E-state index is 0.0275. The highest BCUT2D eigenvalue weighted by Crippen LogP contribution is 2.17. The van der Waals surface area contributed by atoms with Gasteiger partial charge in [-0.2, -0.15) is 0 Å². The largest absolute Gasteiger partial charge is 0.485 e. The molecule has 0 saturated carbocycles. The third-order valence-corrected chi connectivity index (χ3v) is 2.33. The molecule has 5 heteroatoms. The Hall–Kier alpha value is -1.62. The quantitative estimate of drug-likeness (QED) is 0.744. The van der Waals surface area contributed by atoms with Gasteiger partial charge in [0.25, 0.3) is 0 Å². The second kappa shape index (κ2) is 6.20. The number of carboxylic acid groups (broad SMARTS) is 1. The molecule has 0 fully saturated rings. The lowest BCUT2D eigenvalue weighted by atomic mass is 10.2. The SMILES string of the molecule is Cc1ccc(OCC[NH+](C)CC(=O)O)c(F)c1. The van der Waals surface area contributed by atoms with Gasteiger partial charge in [0.05, 0.1) is 7.05 Å².